The first-order valence-electron chi connectivity index (χ1n) is 5.59. The summed E-state index contributed by atoms with van der Waals surface area (Å²) < 4.78 is 0. The summed E-state index contributed by atoms with van der Waals surface area (Å²) in [5.41, 5.74) is 2.70. The Morgan fingerprint density at radius 2 is 2.06 bits per heavy atom. The van der Waals surface area contributed by atoms with E-state index >= 15 is 0 Å². The standard InChI is InChI=1S/C12H14N2O4/c15-10(12(17)18)6-14-11(16)7-1-2-8-4-13-5-9(8)3-7/h1-3,10,13,15H,4-6H2,(H,14,16)(H,17,18)/t10-/m0/s1. The van der Waals surface area contributed by atoms with Crippen molar-refractivity contribution in [2.75, 3.05) is 6.54 Å². The van der Waals surface area contributed by atoms with Crippen molar-refractivity contribution in [1.82, 2.24) is 10.6 Å². The zero-order valence-corrected chi connectivity index (χ0v) is 9.64. The maximum atomic E-state index is 11.7. The molecule has 96 valence electrons. The molecular formula is C12H14N2O4. The molecule has 1 aromatic rings. The number of aliphatic hydroxyl groups excluding tert-OH is 1. The van der Waals surface area contributed by atoms with E-state index in [0.717, 1.165) is 24.2 Å². The molecule has 2 rings (SSSR count). The Morgan fingerprint density at radius 1 is 1.33 bits per heavy atom. The molecule has 0 aromatic heterocycles. The number of fused-ring (bicyclic) bond motifs is 1. The molecule has 6 nitrogen and oxygen atoms in total. The minimum atomic E-state index is -1.58. The van der Waals surface area contributed by atoms with Crippen molar-refractivity contribution in [2.45, 2.75) is 19.2 Å². The molecule has 4 N–H and O–H groups in total. The zero-order chi connectivity index (χ0) is 13.1. The van der Waals surface area contributed by atoms with Crippen LogP contribution in [0.1, 0.15) is 21.5 Å². The van der Waals surface area contributed by atoms with E-state index in [1.165, 1.54) is 0 Å². The number of carbonyl (C=O) groups is 2. The molecule has 6 heteroatoms. The molecule has 1 heterocycles. The van der Waals surface area contributed by atoms with Crippen LogP contribution in [0.15, 0.2) is 18.2 Å². The molecule has 1 amide bonds. The topological polar surface area (TPSA) is 98.7 Å². The Balaban J connectivity index is 1.99. The second-order valence-corrected chi connectivity index (χ2v) is 4.15. The third kappa shape index (κ3) is 2.66. The number of rotatable bonds is 4. The van der Waals surface area contributed by atoms with E-state index in [9.17, 15) is 9.59 Å². The largest absolute Gasteiger partial charge is 0.479 e. The van der Waals surface area contributed by atoms with E-state index in [1.54, 1.807) is 12.1 Å². The Labute approximate surface area is 104 Å². The summed E-state index contributed by atoms with van der Waals surface area (Å²) >= 11 is 0. The van der Waals surface area contributed by atoms with Crippen LogP contribution in [0.3, 0.4) is 0 Å². The molecule has 1 aliphatic rings. The van der Waals surface area contributed by atoms with Crippen LogP contribution in [0.2, 0.25) is 0 Å². The van der Waals surface area contributed by atoms with Gasteiger partial charge < -0.3 is 20.8 Å². The SMILES string of the molecule is O=C(NC[C@H](O)C(=O)O)c1ccc2c(c1)CNC2. The molecule has 0 spiro atoms. The number of carboxylic acid groups (broad SMARTS) is 1. The average Bonchev–Trinajstić information content (AvgIpc) is 2.82. The highest BCUT2D eigenvalue weighted by Crippen LogP contribution is 2.16. The lowest BCUT2D eigenvalue weighted by atomic mass is 10.1. The first-order chi connectivity index (χ1) is 8.58. The van der Waals surface area contributed by atoms with Gasteiger partial charge in [0.15, 0.2) is 6.10 Å². The second kappa shape index (κ2) is 5.16. The molecule has 0 bridgehead atoms. The van der Waals surface area contributed by atoms with Gasteiger partial charge in [0.05, 0.1) is 6.54 Å². The lowest BCUT2D eigenvalue weighted by Gasteiger charge is -2.08. The number of aliphatic hydroxyl groups is 1. The van der Waals surface area contributed by atoms with Gasteiger partial charge in [0, 0.05) is 18.7 Å². The average molecular weight is 250 g/mol. The minimum absolute atomic E-state index is 0.302. The van der Waals surface area contributed by atoms with Crippen LogP contribution >= 0.6 is 0 Å². The summed E-state index contributed by atoms with van der Waals surface area (Å²) in [4.78, 5) is 22.1. The molecule has 0 aliphatic carbocycles. The Bertz CT molecular complexity index is 487. The number of carboxylic acids is 1. The van der Waals surface area contributed by atoms with Gasteiger partial charge in [-0.1, -0.05) is 6.07 Å². The molecule has 0 fully saturated rings. The summed E-state index contributed by atoms with van der Waals surface area (Å²) in [7, 11) is 0. The van der Waals surface area contributed by atoms with Gasteiger partial charge in [-0.25, -0.2) is 4.79 Å². The number of aliphatic carboxylic acids is 1. The Morgan fingerprint density at radius 3 is 2.78 bits per heavy atom. The van der Waals surface area contributed by atoms with E-state index in [0.29, 0.717) is 5.56 Å². The smallest absolute Gasteiger partial charge is 0.334 e. The van der Waals surface area contributed by atoms with Gasteiger partial charge in [-0.05, 0) is 23.3 Å². The zero-order valence-electron chi connectivity index (χ0n) is 9.64. The molecule has 1 atom stereocenters. The molecule has 18 heavy (non-hydrogen) atoms. The van der Waals surface area contributed by atoms with Crippen molar-refractivity contribution < 1.29 is 19.8 Å². The van der Waals surface area contributed by atoms with Crippen LogP contribution in [0.4, 0.5) is 0 Å². The van der Waals surface area contributed by atoms with Crippen molar-refractivity contribution >= 4 is 11.9 Å². The third-order valence-electron chi connectivity index (χ3n) is 2.84. The molecule has 1 aliphatic heterocycles. The predicted octanol–water partition coefficient (Wildman–Crippen LogP) is -0.535. The maximum absolute atomic E-state index is 11.7. The number of benzene rings is 1. The van der Waals surface area contributed by atoms with Crippen molar-refractivity contribution in [3.8, 4) is 0 Å². The van der Waals surface area contributed by atoms with Gasteiger partial charge in [0.2, 0.25) is 0 Å². The number of amides is 1. The van der Waals surface area contributed by atoms with Crippen LogP contribution in [-0.2, 0) is 17.9 Å². The number of nitrogens with one attached hydrogen (secondary N) is 2. The van der Waals surface area contributed by atoms with Crippen LogP contribution in [0.25, 0.3) is 0 Å². The fourth-order valence-corrected chi connectivity index (χ4v) is 1.81. The van der Waals surface area contributed by atoms with Crippen LogP contribution < -0.4 is 10.6 Å². The Hall–Kier alpha value is -1.92. The minimum Gasteiger partial charge on any atom is -0.479 e. The first kappa shape index (κ1) is 12.5. The summed E-state index contributed by atoms with van der Waals surface area (Å²) in [6.07, 6.45) is -1.58. The molecule has 0 saturated carbocycles. The van der Waals surface area contributed by atoms with E-state index < -0.39 is 12.1 Å². The lowest BCUT2D eigenvalue weighted by molar-refractivity contribution is -0.146. The molecular weight excluding hydrogens is 236 g/mol. The highest BCUT2D eigenvalue weighted by molar-refractivity contribution is 5.94. The fraction of sp³-hybridized carbons (Fsp3) is 0.333. The van der Waals surface area contributed by atoms with E-state index in [4.69, 9.17) is 10.2 Å². The number of hydrogen-bond acceptors (Lipinski definition) is 4. The highest BCUT2D eigenvalue weighted by atomic mass is 16.4. The highest BCUT2D eigenvalue weighted by Gasteiger charge is 2.16. The summed E-state index contributed by atoms with van der Waals surface area (Å²) in [5.74, 6) is -1.74. The second-order valence-electron chi connectivity index (χ2n) is 4.15. The van der Waals surface area contributed by atoms with Gasteiger partial charge in [-0.3, -0.25) is 4.79 Å². The molecule has 1 aromatic carbocycles. The van der Waals surface area contributed by atoms with Gasteiger partial charge in [-0.2, -0.15) is 0 Å². The number of carbonyl (C=O) groups excluding carboxylic acids is 1. The monoisotopic (exact) mass is 250 g/mol. The van der Waals surface area contributed by atoms with Crippen molar-refractivity contribution in [1.29, 1.82) is 0 Å². The summed E-state index contributed by atoms with van der Waals surface area (Å²) in [5, 5.41) is 23.1. The predicted molar refractivity (Wildman–Crippen MR) is 63.0 cm³/mol. The van der Waals surface area contributed by atoms with Crippen LogP contribution in [0, 0.1) is 0 Å². The van der Waals surface area contributed by atoms with E-state index in [2.05, 4.69) is 10.6 Å². The fourth-order valence-electron chi connectivity index (χ4n) is 1.81. The van der Waals surface area contributed by atoms with Crippen LogP contribution in [0.5, 0.6) is 0 Å². The lowest BCUT2D eigenvalue weighted by Crippen LogP contribution is -2.36. The maximum Gasteiger partial charge on any atom is 0.334 e. The third-order valence-corrected chi connectivity index (χ3v) is 2.84. The first-order valence-corrected chi connectivity index (χ1v) is 5.59. The summed E-state index contributed by atoms with van der Waals surface area (Å²) in [6, 6.07) is 5.34. The quantitative estimate of drug-likeness (QED) is 0.575. The van der Waals surface area contributed by atoms with Crippen LogP contribution in [-0.4, -0.2) is 34.7 Å². The van der Waals surface area contributed by atoms with Gasteiger partial charge in [0.1, 0.15) is 0 Å². The van der Waals surface area contributed by atoms with Crippen molar-refractivity contribution in [3.05, 3.63) is 34.9 Å². The number of hydrogen-bond donors (Lipinski definition) is 4. The normalized spacial score (nSPS) is 14.9. The van der Waals surface area contributed by atoms with Crippen molar-refractivity contribution in [2.24, 2.45) is 0 Å². The Kier molecular flexibility index (Phi) is 3.59. The van der Waals surface area contributed by atoms with Crippen molar-refractivity contribution in [3.63, 3.8) is 0 Å². The molecule has 0 unspecified atom stereocenters. The van der Waals surface area contributed by atoms with E-state index in [1.807, 2.05) is 6.07 Å². The summed E-state index contributed by atoms with van der Waals surface area (Å²) in [6.45, 7) is 1.23. The molecule has 0 saturated heterocycles. The van der Waals surface area contributed by atoms with Gasteiger partial charge in [0.25, 0.3) is 5.91 Å². The van der Waals surface area contributed by atoms with E-state index in [-0.39, 0.29) is 12.5 Å². The van der Waals surface area contributed by atoms with Gasteiger partial charge >= 0.3 is 5.97 Å². The molecule has 0 radical (unpaired) electrons. The van der Waals surface area contributed by atoms with Gasteiger partial charge in [-0.15, -0.1) is 0 Å².